The van der Waals surface area contributed by atoms with Crippen molar-refractivity contribution in [3.8, 4) is 0 Å². The van der Waals surface area contributed by atoms with Gasteiger partial charge in [-0.25, -0.2) is 0 Å². The van der Waals surface area contributed by atoms with Crippen LogP contribution in [0.15, 0.2) is 11.4 Å². The molecular weight excluding hydrogens is 252 g/mol. The second kappa shape index (κ2) is 8.03. The van der Waals surface area contributed by atoms with Gasteiger partial charge in [0.1, 0.15) is 0 Å². The predicted octanol–water partition coefficient (Wildman–Crippen LogP) is 3.66. The third-order valence-electron chi connectivity index (χ3n) is 4.22. The van der Waals surface area contributed by atoms with E-state index in [1.54, 1.807) is 0 Å². The molecule has 0 bridgehead atoms. The van der Waals surface area contributed by atoms with Crippen LogP contribution in [0.5, 0.6) is 0 Å². The normalized spacial score (nSPS) is 17.2. The maximum absolute atomic E-state index is 3.57. The number of hydrogen-bond donors (Lipinski definition) is 1. The monoisotopic (exact) mass is 280 g/mol. The summed E-state index contributed by atoms with van der Waals surface area (Å²) in [5.41, 5.74) is 1.42. The average molecular weight is 280 g/mol. The highest BCUT2D eigenvalue weighted by Gasteiger charge is 2.14. The Bertz CT molecular complexity index is 355. The Labute approximate surface area is 122 Å². The summed E-state index contributed by atoms with van der Waals surface area (Å²) in [4.78, 5) is 3.99. The molecule has 0 radical (unpaired) electrons. The molecule has 1 aromatic heterocycles. The van der Waals surface area contributed by atoms with E-state index in [-0.39, 0.29) is 0 Å². The lowest BCUT2D eigenvalue weighted by atomic mass is 9.89. The van der Waals surface area contributed by atoms with Gasteiger partial charge in [0.05, 0.1) is 0 Å². The summed E-state index contributed by atoms with van der Waals surface area (Å²) >= 11 is 1.86. The van der Waals surface area contributed by atoms with Gasteiger partial charge in [0, 0.05) is 31.1 Å². The quantitative estimate of drug-likeness (QED) is 0.767. The van der Waals surface area contributed by atoms with Gasteiger partial charge in [0.25, 0.3) is 0 Å². The number of likely N-dealkylation sites (N-methyl/N-ethyl adjacent to an activating group) is 1. The Hall–Kier alpha value is -0.380. The summed E-state index contributed by atoms with van der Waals surface area (Å²) in [6.07, 6.45) is 7.27. The second-order valence-corrected chi connectivity index (χ2v) is 6.97. The van der Waals surface area contributed by atoms with Gasteiger partial charge in [-0.2, -0.15) is 0 Å². The van der Waals surface area contributed by atoms with E-state index in [0.717, 1.165) is 19.0 Å². The van der Waals surface area contributed by atoms with Crippen LogP contribution in [-0.2, 0) is 6.54 Å². The third-order valence-corrected chi connectivity index (χ3v) is 5.24. The van der Waals surface area contributed by atoms with Crippen molar-refractivity contribution in [1.82, 2.24) is 10.2 Å². The van der Waals surface area contributed by atoms with Gasteiger partial charge in [0.2, 0.25) is 0 Å². The highest BCUT2D eigenvalue weighted by atomic mass is 32.1. The number of thiophene rings is 1. The van der Waals surface area contributed by atoms with Crippen LogP contribution >= 0.6 is 11.3 Å². The molecule has 19 heavy (non-hydrogen) atoms. The minimum Gasteiger partial charge on any atom is -0.311 e. The highest BCUT2D eigenvalue weighted by molar-refractivity contribution is 7.10. The van der Waals surface area contributed by atoms with Crippen LogP contribution in [0.2, 0.25) is 0 Å². The van der Waals surface area contributed by atoms with Crippen LogP contribution in [0.1, 0.15) is 42.5 Å². The van der Waals surface area contributed by atoms with Gasteiger partial charge in [-0.3, -0.25) is 0 Å². The molecule has 0 aliphatic heterocycles. The van der Waals surface area contributed by atoms with Gasteiger partial charge in [-0.1, -0.05) is 19.3 Å². The molecule has 0 unspecified atom stereocenters. The van der Waals surface area contributed by atoms with Crippen LogP contribution in [-0.4, -0.2) is 31.6 Å². The molecule has 0 atom stereocenters. The zero-order valence-electron chi connectivity index (χ0n) is 12.5. The lowest BCUT2D eigenvalue weighted by Gasteiger charge is -2.27. The van der Waals surface area contributed by atoms with E-state index in [1.165, 1.54) is 55.6 Å². The molecule has 2 nitrogen and oxygen atoms in total. The molecule has 0 saturated heterocycles. The Morgan fingerprint density at radius 1 is 1.32 bits per heavy atom. The van der Waals surface area contributed by atoms with Crippen LogP contribution in [0, 0.1) is 12.8 Å². The van der Waals surface area contributed by atoms with Crippen molar-refractivity contribution in [1.29, 1.82) is 0 Å². The zero-order chi connectivity index (χ0) is 13.5. The fraction of sp³-hybridized carbons (Fsp3) is 0.750. The van der Waals surface area contributed by atoms with Gasteiger partial charge in [-0.05, 0) is 49.7 Å². The van der Waals surface area contributed by atoms with E-state index >= 15 is 0 Å². The van der Waals surface area contributed by atoms with Crippen molar-refractivity contribution in [3.63, 3.8) is 0 Å². The van der Waals surface area contributed by atoms with Gasteiger partial charge >= 0.3 is 0 Å². The standard InChI is InChI=1S/C16H28N2S/c1-14-8-11-19-16(14)12-17-9-10-18(2)13-15-6-4-3-5-7-15/h8,11,15,17H,3-7,9-10,12-13H2,1-2H3. The first-order chi connectivity index (χ1) is 9.25. The molecule has 108 valence electrons. The van der Waals surface area contributed by atoms with Crippen LogP contribution < -0.4 is 5.32 Å². The molecule has 1 aliphatic carbocycles. The molecule has 0 spiro atoms. The molecule has 1 aromatic rings. The number of aryl methyl sites for hydroxylation is 1. The summed E-state index contributed by atoms with van der Waals surface area (Å²) in [6, 6.07) is 2.21. The molecule has 3 heteroatoms. The summed E-state index contributed by atoms with van der Waals surface area (Å²) in [5.74, 6) is 0.957. The number of nitrogens with one attached hydrogen (secondary N) is 1. The SMILES string of the molecule is Cc1ccsc1CNCCN(C)CC1CCCCC1. The van der Waals surface area contributed by atoms with E-state index in [1.807, 2.05) is 11.3 Å². The van der Waals surface area contributed by atoms with Gasteiger partial charge in [-0.15, -0.1) is 11.3 Å². The largest absolute Gasteiger partial charge is 0.311 e. The van der Waals surface area contributed by atoms with E-state index in [9.17, 15) is 0 Å². The van der Waals surface area contributed by atoms with Crippen molar-refractivity contribution in [2.75, 3.05) is 26.7 Å². The third kappa shape index (κ3) is 5.25. The zero-order valence-corrected chi connectivity index (χ0v) is 13.3. The molecule has 0 aromatic carbocycles. The lowest BCUT2D eigenvalue weighted by molar-refractivity contribution is 0.233. The van der Waals surface area contributed by atoms with Crippen molar-refractivity contribution in [3.05, 3.63) is 21.9 Å². The van der Waals surface area contributed by atoms with Crippen molar-refractivity contribution in [2.24, 2.45) is 5.92 Å². The molecule has 1 saturated carbocycles. The molecular formula is C16H28N2S. The van der Waals surface area contributed by atoms with E-state index in [2.05, 4.69) is 35.6 Å². The minimum atomic E-state index is 0.957. The summed E-state index contributed by atoms with van der Waals surface area (Å²) in [5, 5.41) is 5.75. The van der Waals surface area contributed by atoms with E-state index in [0.29, 0.717) is 0 Å². The summed E-state index contributed by atoms with van der Waals surface area (Å²) in [7, 11) is 2.27. The molecule has 1 aliphatic rings. The Morgan fingerprint density at radius 2 is 2.11 bits per heavy atom. The van der Waals surface area contributed by atoms with Gasteiger partial charge in [0.15, 0.2) is 0 Å². The molecule has 1 heterocycles. The average Bonchev–Trinajstić information content (AvgIpc) is 2.81. The number of nitrogens with zero attached hydrogens (tertiary/aromatic N) is 1. The lowest BCUT2D eigenvalue weighted by Crippen LogP contribution is -2.33. The fourth-order valence-electron chi connectivity index (χ4n) is 2.96. The predicted molar refractivity (Wildman–Crippen MR) is 84.8 cm³/mol. The van der Waals surface area contributed by atoms with E-state index in [4.69, 9.17) is 0 Å². The first-order valence-corrected chi connectivity index (χ1v) is 8.56. The van der Waals surface area contributed by atoms with Crippen LogP contribution in [0.4, 0.5) is 0 Å². The van der Waals surface area contributed by atoms with Crippen LogP contribution in [0.3, 0.4) is 0 Å². The maximum Gasteiger partial charge on any atom is 0.0302 e. The Morgan fingerprint density at radius 3 is 2.79 bits per heavy atom. The first-order valence-electron chi connectivity index (χ1n) is 7.68. The molecule has 2 rings (SSSR count). The summed E-state index contributed by atoms with van der Waals surface area (Å²) in [6.45, 7) is 6.78. The molecule has 1 N–H and O–H groups in total. The summed E-state index contributed by atoms with van der Waals surface area (Å²) < 4.78 is 0. The van der Waals surface area contributed by atoms with Crippen LogP contribution in [0.25, 0.3) is 0 Å². The topological polar surface area (TPSA) is 15.3 Å². The molecule has 0 amide bonds. The molecule has 1 fully saturated rings. The first kappa shape index (κ1) is 15.0. The van der Waals surface area contributed by atoms with Crippen molar-refractivity contribution in [2.45, 2.75) is 45.6 Å². The Kier molecular flexibility index (Phi) is 6.35. The van der Waals surface area contributed by atoms with E-state index < -0.39 is 0 Å². The number of hydrogen-bond acceptors (Lipinski definition) is 3. The minimum absolute atomic E-state index is 0.957. The fourth-order valence-corrected chi connectivity index (χ4v) is 3.83. The smallest absolute Gasteiger partial charge is 0.0302 e. The Balaban J connectivity index is 1.56. The maximum atomic E-state index is 3.57. The number of rotatable bonds is 7. The van der Waals surface area contributed by atoms with Crippen molar-refractivity contribution >= 4 is 11.3 Å². The van der Waals surface area contributed by atoms with Gasteiger partial charge < -0.3 is 10.2 Å². The van der Waals surface area contributed by atoms with Crippen molar-refractivity contribution < 1.29 is 0 Å². The second-order valence-electron chi connectivity index (χ2n) is 5.97. The highest BCUT2D eigenvalue weighted by Crippen LogP contribution is 2.23.